The van der Waals surface area contributed by atoms with Gasteiger partial charge in [0.05, 0.1) is 24.9 Å². The fraction of sp³-hybridized carbons (Fsp3) is 0.316. The number of rotatable bonds is 5. The number of carbonyl (C=O) groups is 2. The molecule has 140 valence electrons. The van der Waals surface area contributed by atoms with Gasteiger partial charge in [0, 0.05) is 24.5 Å². The Bertz CT molecular complexity index is 846. The fourth-order valence-corrected chi connectivity index (χ4v) is 3.71. The Morgan fingerprint density at radius 2 is 1.81 bits per heavy atom. The van der Waals surface area contributed by atoms with E-state index in [0.717, 1.165) is 11.3 Å². The third-order valence-electron chi connectivity index (χ3n) is 4.85. The molecule has 3 heterocycles. The van der Waals surface area contributed by atoms with Gasteiger partial charge in [0.25, 0.3) is 5.91 Å². The van der Waals surface area contributed by atoms with E-state index >= 15 is 0 Å². The van der Waals surface area contributed by atoms with Gasteiger partial charge in [-0.05, 0) is 42.0 Å². The molecule has 0 N–H and O–H groups in total. The molecule has 2 fully saturated rings. The molecule has 1 aromatic carbocycles. The highest BCUT2D eigenvalue weighted by Gasteiger charge is 2.59. The van der Waals surface area contributed by atoms with E-state index in [4.69, 9.17) is 21.2 Å². The number of pyridine rings is 1. The maximum Gasteiger partial charge on any atom is 0.262 e. The maximum absolute atomic E-state index is 13.0. The van der Waals surface area contributed by atoms with Gasteiger partial charge in [-0.2, -0.15) is 0 Å². The minimum Gasteiger partial charge on any atom is -0.383 e. The number of methoxy groups -OCH3 is 1. The van der Waals surface area contributed by atoms with Gasteiger partial charge >= 0.3 is 0 Å². The van der Waals surface area contributed by atoms with Crippen LogP contribution in [0.15, 0.2) is 48.8 Å². The Kier molecular flexibility index (Phi) is 4.82. The Hall–Kier alpha value is -2.48. The molecular weight excluding hydrogens is 370 g/mol. The van der Waals surface area contributed by atoms with E-state index in [2.05, 4.69) is 4.98 Å². The van der Waals surface area contributed by atoms with E-state index in [-0.39, 0.29) is 25.0 Å². The van der Waals surface area contributed by atoms with Crippen molar-refractivity contribution < 1.29 is 19.2 Å². The predicted octanol–water partition coefficient (Wildman–Crippen LogP) is 2.23. The third kappa shape index (κ3) is 3.07. The molecule has 2 aliphatic rings. The van der Waals surface area contributed by atoms with Gasteiger partial charge in [0.15, 0.2) is 6.10 Å². The number of benzene rings is 1. The first-order chi connectivity index (χ1) is 13.1. The van der Waals surface area contributed by atoms with Crippen LogP contribution in [0.1, 0.15) is 11.6 Å². The lowest BCUT2D eigenvalue weighted by Crippen LogP contribution is -2.39. The molecule has 4 rings (SSSR count). The number of anilines is 1. The van der Waals surface area contributed by atoms with Crippen LogP contribution in [0.3, 0.4) is 0 Å². The number of aromatic nitrogens is 1. The molecule has 0 spiro atoms. The highest BCUT2D eigenvalue weighted by molar-refractivity contribution is 6.30. The van der Waals surface area contributed by atoms with Crippen molar-refractivity contribution >= 4 is 29.1 Å². The van der Waals surface area contributed by atoms with Gasteiger partial charge in [-0.1, -0.05) is 11.6 Å². The predicted molar refractivity (Wildman–Crippen MR) is 97.9 cm³/mol. The lowest BCUT2D eigenvalue weighted by molar-refractivity contribution is -0.143. The average molecular weight is 388 g/mol. The highest BCUT2D eigenvalue weighted by Crippen LogP contribution is 2.46. The minimum atomic E-state index is -0.858. The lowest BCUT2D eigenvalue weighted by Gasteiger charge is -2.28. The number of hydroxylamine groups is 1. The zero-order valence-electron chi connectivity index (χ0n) is 14.6. The van der Waals surface area contributed by atoms with E-state index in [1.54, 1.807) is 41.7 Å². The van der Waals surface area contributed by atoms with Gasteiger partial charge < -0.3 is 4.74 Å². The van der Waals surface area contributed by atoms with Crippen LogP contribution in [-0.2, 0) is 19.2 Å². The number of carbonyl (C=O) groups excluding carboxylic acids is 2. The summed E-state index contributed by atoms with van der Waals surface area (Å²) in [7, 11) is 1.53. The standard InChI is InChI=1S/C19H18ClN3O4/c1-26-11-10-22-18(24)15-16(12-6-8-21-9-7-12)23(27-17(15)19(22)25)14-4-2-13(20)3-5-14/h2-9,15-17H,10-11H2,1H3/t15-,16-,17-/m1/s1. The monoisotopic (exact) mass is 387 g/mol. The average Bonchev–Trinajstić information content (AvgIpc) is 3.19. The van der Waals surface area contributed by atoms with Gasteiger partial charge in [-0.25, -0.2) is 5.06 Å². The summed E-state index contributed by atoms with van der Waals surface area (Å²) in [6.07, 6.45) is 2.46. The molecule has 0 radical (unpaired) electrons. The SMILES string of the molecule is COCCN1C(=O)[C@@H]2[C@@H](c3ccncc3)N(c3ccc(Cl)cc3)O[C@H]2C1=O. The number of halogens is 1. The molecule has 0 unspecified atom stereocenters. The molecule has 7 nitrogen and oxygen atoms in total. The first-order valence-corrected chi connectivity index (χ1v) is 8.95. The number of hydrogen-bond acceptors (Lipinski definition) is 6. The summed E-state index contributed by atoms with van der Waals surface area (Å²) in [5.41, 5.74) is 1.57. The zero-order chi connectivity index (χ0) is 19.0. The molecule has 8 heteroatoms. The quantitative estimate of drug-likeness (QED) is 0.733. The van der Waals surface area contributed by atoms with Crippen LogP contribution in [0.25, 0.3) is 0 Å². The van der Waals surface area contributed by atoms with Gasteiger partial charge in [-0.15, -0.1) is 0 Å². The topological polar surface area (TPSA) is 72.0 Å². The van der Waals surface area contributed by atoms with Crippen molar-refractivity contribution in [1.82, 2.24) is 9.88 Å². The zero-order valence-corrected chi connectivity index (χ0v) is 15.4. The Morgan fingerprint density at radius 3 is 2.48 bits per heavy atom. The van der Waals surface area contributed by atoms with Gasteiger partial charge in [-0.3, -0.25) is 24.3 Å². The molecule has 27 heavy (non-hydrogen) atoms. The molecule has 2 aromatic rings. The minimum absolute atomic E-state index is 0.217. The van der Waals surface area contributed by atoms with Crippen LogP contribution in [0.2, 0.25) is 5.02 Å². The van der Waals surface area contributed by atoms with E-state index in [1.165, 1.54) is 12.0 Å². The molecule has 0 bridgehead atoms. The summed E-state index contributed by atoms with van der Waals surface area (Å²) in [5, 5.41) is 2.22. The summed E-state index contributed by atoms with van der Waals surface area (Å²) in [5.74, 6) is -1.22. The Labute approximate surface area is 161 Å². The Balaban J connectivity index is 1.73. The van der Waals surface area contributed by atoms with E-state index in [0.29, 0.717) is 5.02 Å². The summed E-state index contributed by atoms with van der Waals surface area (Å²) in [6, 6.07) is 10.3. The van der Waals surface area contributed by atoms with E-state index in [1.807, 2.05) is 12.1 Å². The van der Waals surface area contributed by atoms with Crippen molar-refractivity contribution in [3.05, 3.63) is 59.4 Å². The van der Waals surface area contributed by atoms with Crippen LogP contribution in [0, 0.1) is 5.92 Å². The molecule has 2 amide bonds. The van der Waals surface area contributed by atoms with Crippen LogP contribution in [0.4, 0.5) is 5.69 Å². The summed E-state index contributed by atoms with van der Waals surface area (Å²) < 4.78 is 5.02. The van der Waals surface area contributed by atoms with Crippen molar-refractivity contribution in [2.24, 2.45) is 5.92 Å². The first kappa shape index (κ1) is 17.9. The Morgan fingerprint density at radius 1 is 1.11 bits per heavy atom. The van der Waals surface area contributed by atoms with E-state index < -0.39 is 18.1 Å². The van der Waals surface area contributed by atoms with Crippen LogP contribution in [0.5, 0.6) is 0 Å². The number of hydrogen-bond donors (Lipinski definition) is 0. The van der Waals surface area contributed by atoms with Gasteiger partial charge in [0.2, 0.25) is 5.91 Å². The van der Waals surface area contributed by atoms with E-state index in [9.17, 15) is 9.59 Å². The largest absolute Gasteiger partial charge is 0.383 e. The van der Waals surface area contributed by atoms with Crippen LogP contribution in [-0.4, -0.2) is 48.1 Å². The third-order valence-corrected chi connectivity index (χ3v) is 5.11. The highest BCUT2D eigenvalue weighted by atomic mass is 35.5. The van der Waals surface area contributed by atoms with Crippen molar-refractivity contribution in [3.63, 3.8) is 0 Å². The second-order valence-corrected chi connectivity index (χ2v) is 6.84. The van der Waals surface area contributed by atoms with Gasteiger partial charge in [0.1, 0.15) is 5.92 Å². The number of likely N-dealkylation sites (tertiary alicyclic amines) is 1. The molecule has 2 aliphatic heterocycles. The first-order valence-electron chi connectivity index (χ1n) is 8.57. The smallest absolute Gasteiger partial charge is 0.262 e. The second-order valence-electron chi connectivity index (χ2n) is 6.40. The molecule has 3 atom stereocenters. The lowest BCUT2D eigenvalue weighted by atomic mass is 9.91. The number of amides is 2. The molecular formula is C19H18ClN3O4. The summed E-state index contributed by atoms with van der Waals surface area (Å²) >= 11 is 5.99. The van der Waals surface area contributed by atoms with Crippen LogP contribution >= 0.6 is 11.6 Å². The molecule has 0 aliphatic carbocycles. The second kappa shape index (κ2) is 7.26. The summed E-state index contributed by atoms with van der Waals surface area (Å²) in [6.45, 7) is 0.506. The molecule has 1 aromatic heterocycles. The van der Waals surface area contributed by atoms with Crippen LogP contribution < -0.4 is 5.06 Å². The normalized spacial score (nSPS) is 24.6. The number of fused-ring (bicyclic) bond motifs is 1. The van der Waals surface area contributed by atoms with Crippen molar-refractivity contribution in [2.75, 3.05) is 25.3 Å². The molecule has 0 saturated carbocycles. The number of nitrogens with zero attached hydrogens (tertiary/aromatic N) is 3. The van der Waals surface area contributed by atoms with Crippen molar-refractivity contribution in [1.29, 1.82) is 0 Å². The maximum atomic E-state index is 13.0. The molecule has 2 saturated heterocycles. The van der Waals surface area contributed by atoms with Crippen molar-refractivity contribution in [3.8, 4) is 0 Å². The summed E-state index contributed by atoms with van der Waals surface area (Å²) in [4.78, 5) is 37.1. The number of ether oxygens (including phenoxy) is 1. The number of imide groups is 1. The fourth-order valence-electron chi connectivity index (χ4n) is 3.59. The van der Waals surface area contributed by atoms with Crippen molar-refractivity contribution in [2.45, 2.75) is 12.1 Å².